The lowest BCUT2D eigenvalue weighted by Gasteiger charge is -2.18. The van der Waals surface area contributed by atoms with Crippen molar-refractivity contribution in [2.24, 2.45) is 4.99 Å². The number of carbonyl (C=O) groups excluding carboxylic acids is 1. The van der Waals surface area contributed by atoms with Crippen molar-refractivity contribution in [2.75, 3.05) is 32.6 Å². The van der Waals surface area contributed by atoms with Gasteiger partial charge in [-0.2, -0.15) is 0 Å². The van der Waals surface area contributed by atoms with Crippen LogP contribution < -0.4 is 10.1 Å². The molecule has 5 heteroatoms. The monoisotopic (exact) mass is 394 g/mol. The molecule has 1 N–H and O–H groups in total. The Morgan fingerprint density at radius 1 is 1.14 bits per heavy atom. The van der Waals surface area contributed by atoms with Crippen LogP contribution in [0.3, 0.4) is 0 Å². The lowest BCUT2D eigenvalue weighted by Crippen LogP contribution is -2.20. The third-order valence-corrected chi connectivity index (χ3v) is 4.77. The second-order valence-corrected chi connectivity index (χ2v) is 6.66. The SMILES string of the molecule is CCOC(=O)C/C(C(CNc1ccccc1)=NC)=C(/C)c1ccc(OC)cc1C. The van der Waals surface area contributed by atoms with Gasteiger partial charge in [0.25, 0.3) is 0 Å². The number of carbonyl (C=O) groups is 1. The molecule has 5 nitrogen and oxygen atoms in total. The van der Waals surface area contributed by atoms with E-state index in [-0.39, 0.29) is 12.4 Å². The van der Waals surface area contributed by atoms with Crippen LogP contribution in [0.5, 0.6) is 5.75 Å². The van der Waals surface area contributed by atoms with Gasteiger partial charge in [0.1, 0.15) is 5.75 Å². The van der Waals surface area contributed by atoms with Gasteiger partial charge in [-0.1, -0.05) is 24.3 Å². The van der Waals surface area contributed by atoms with Crippen LogP contribution in [-0.2, 0) is 9.53 Å². The summed E-state index contributed by atoms with van der Waals surface area (Å²) in [4.78, 5) is 16.8. The Bertz CT molecular complexity index is 886. The highest BCUT2D eigenvalue weighted by atomic mass is 16.5. The molecule has 0 unspecified atom stereocenters. The number of benzene rings is 2. The Morgan fingerprint density at radius 2 is 1.86 bits per heavy atom. The molecule has 2 aromatic rings. The number of rotatable bonds is 9. The van der Waals surface area contributed by atoms with E-state index in [1.165, 1.54) is 0 Å². The van der Waals surface area contributed by atoms with Crippen LogP contribution in [0.1, 0.15) is 31.4 Å². The summed E-state index contributed by atoms with van der Waals surface area (Å²) in [6.07, 6.45) is 0.175. The van der Waals surface area contributed by atoms with Crippen LogP contribution >= 0.6 is 0 Å². The molecule has 2 aromatic carbocycles. The lowest BCUT2D eigenvalue weighted by atomic mass is 9.92. The van der Waals surface area contributed by atoms with Crippen LogP contribution in [0.4, 0.5) is 5.69 Å². The first-order valence-electron chi connectivity index (χ1n) is 9.75. The summed E-state index contributed by atoms with van der Waals surface area (Å²) in [7, 11) is 3.40. The van der Waals surface area contributed by atoms with Gasteiger partial charge in [0, 0.05) is 12.7 Å². The summed E-state index contributed by atoms with van der Waals surface area (Å²) in [6.45, 7) is 6.74. The first-order valence-corrected chi connectivity index (χ1v) is 9.75. The second kappa shape index (κ2) is 11.1. The van der Waals surface area contributed by atoms with Gasteiger partial charge in [-0.3, -0.25) is 9.79 Å². The Morgan fingerprint density at radius 3 is 2.45 bits per heavy atom. The van der Waals surface area contributed by atoms with Crippen molar-refractivity contribution in [3.05, 3.63) is 65.2 Å². The van der Waals surface area contributed by atoms with Gasteiger partial charge in [0.15, 0.2) is 0 Å². The zero-order valence-corrected chi connectivity index (χ0v) is 17.9. The van der Waals surface area contributed by atoms with Crippen LogP contribution in [0, 0.1) is 6.92 Å². The molecule has 2 rings (SSSR count). The van der Waals surface area contributed by atoms with Gasteiger partial charge in [-0.05, 0) is 67.3 Å². The number of methoxy groups -OCH3 is 1. The predicted molar refractivity (Wildman–Crippen MR) is 120 cm³/mol. The normalized spacial score (nSPS) is 12.2. The summed E-state index contributed by atoms with van der Waals surface area (Å²) in [5.41, 5.74) is 5.86. The van der Waals surface area contributed by atoms with Gasteiger partial charge < -0.3 is 14.8 Å². The number of nitrogens with one attached hydrogen (secondary N) is 1. The first kappa shape index (κ1) is 22.2. The maximum atomic E-state index is 12.3. The first-order chi connectivity index (χ1) is 14.0. The standard InChI is InChI=1S/C24H30N2O3/c1-6-29-24(27)15-22(18(3)21-13-12-20(28-5)14-17(21)2)23(25-4)16-26-19-10-8-7-9-11-19/h7-14,26H,6,15-16H2,1-5H3/b22-18+,25-23?. The maximum Gasteiger partial charge on any atom is 0.310 e. The average Bonchev–Trinajstić information content (AvgIpc) is 2.73. The summed E-state index contributed by atoms with van der Waals surface area (Å²) in [5, 5.41) is 3.38. The minimum atomic E-state index is -0.256. The van der Waals surface area contributed by atoms with E-state index in [0.717, 1.165) is 39.4 Å². The molecule has 0 aromatic heterocycles. The number of aliphatic imine (C=N–C) groups is 1. The van der Waals surface area contributed by atoms with Crippen molar-refractivity contribution in [3.63, 3.8) is 0 Å². The molecule has 29 heavy (non-hydrogen) atoms. The van der Waals surface area contributed by atoms with Crippen LogP contribution in [0.25, 0.3) is 5.57 Å². The number of nitrogens with zero attached hydrogens (tertiary/aromatic N) is 1. The van der Waals surface area contributed by atoms with E-state index < -0.39 is 0 Å². The fourth-order valence-electron chi connectivity index (χ4n) is 3.22. The zero-order valence-electron chi connectivity index (χ0n) is 17.9. The number of ether oxygens (including phenoxy) is 2. The molecule has 0 aliphatic carbocycles. The molecule has 0 atom stereocenters. The number of allylic oxidation sites excluding steroid dienone is 1. The fourth-order valence-corrected chi connectivity index (χ4v) is 3.22. The molecule has 0 saturated carbocycles. The van der Waals surface area contributed by atoms with Crippen molar-refractivity contribution in [2.45, 2.75) is 27.2 Å². The largest absolute Gasteiger partial charge is 0.497 e. The topological polar surface area (TPSA) is 59.9 Å². The molecule has 0 saturated heterocycles. The molecule has 0 aliphatic heterocycles. The minimum absolute atomic E-state index is 0.175. The van der Waals surface area contributed by atoms with Crippen molar-refractivity contribution >= 4 is 22.9 Å². The van der Waals surface area contributed by atoms with Crippen LogP contribution in [-0.4, -0.2) is 39.0 Å². The molecule has 154 valence electrons. The minimum Gasteiger partial charge on any atom is -0.497 e. The Balaban J connectivity index is 2.40. The van der Waals surface area contributed by atoms with Crippen molar-refractivity contribution in [1.29, 1.82) is 0 Å². The maximum absolute atomic E-state index is 12.3. The summed E-state index contributed by atoms with van der Waals surface area (Å²) < 4.78 is 10.5. The summed E-state index contributed by atoms with van der Waals surface area (Å²) in [5.74, 6) is 0.551. The van der Waals surface area contributed by atoms with E-state index in [1.807, 2.05) is 69.3 Å². The number of aryl methyl sites for hydroxylation is 1. The van der Waals surface area contributed by atoms with Crippen molar-refractivity contribution in [3.8, 4) is 5.75 Å². The Hall–Kier alpha value is -3.08. The molecule has 0 heterocycles. The molecular weight excluding hydrogens is 364 g/mol. The van der Waals surface area contributed by atoms with Crippen LogP contribution in [0.15, 0.2) is 59.1 Å². The molecule has 0 bridgehead atoms. The number of esters is 1. The number of para-hydroxylation sites is 1. The van der Waals surface area contributed by atoms with E-state index in [1.54, 1.807) is 14.2 Å². The molecule has 0 amide bonds. The quantitative estimate of drug-likeness (QED) is 0.485. The van der Waals surface area contributed by atoms with E-state index in [2.05, 4.69) is 10.3 Å². The Kier molecular flexibility index (Phi) is 8.46. The van der Waals surface area contributed by atoms with Crippen LogP contribution in [0.2, 0.25) is 0 Å². The third kappa shape index (κ3) is 6.21. The smallest absolute Gasteiger partial charge is 0.310 e. The summed E-state index contributed by atoms with van der Waals surface area (Å²) in [6, 6.07) is 15.9. The number of anilines is 1. The molecule has 0 radical (unpaired) electrons. The second-order valence-electron chi connectivity index (χ2n) is 6.66. The van der Waals surface area contributed by atoms with Gasteiger partial charge in [0.05, 0.1) is 32.4 Å². The van der Waals surface area contributed by atoms with Crippen molar-refractivity contribution in [1.82, 2.24) is 0 Å². The van der Waals surface area contributed by atoms with E-state index in [0.29, 0.717) is 13.2 Å². The predicted octanol–water partition coefficient (Wildman–Crippen LogP) is 4.91. The fraction of sp³-hybridized carbons (Fsp3) is 0.333. The highest BCUT2D eigenvalue weighted by Gasteiger charge is 2.18. The lowest BCUT2D eigenvalue weighted by molar-refractivity contribution is -0.142. The van der Waals surface area contributed by atoms with Gasteiger partial charge in [-0.25, -0.2) is 0 Å². The Labute approximate surface area is 173 Å². The number of hydrogen-bond acceptors (Lipinski definition) is 5. The van der Waals surface area contributed by atoms with E-state index >= 15 is 0 Å². The van der Waals surface area contributed by atoms with Gasteiger partial charge in [0.2, 0.25) is 0 Å². The van der Waals surface area contributed by atoms with E-state index in [4.69, 9.17) is 9.47 Å². The van der Waals surface area contributed by atoms with Gasteiger partial charge >= 0.3 is 5.97 Å². The zero-order chi connectivity index (χ0) is 21.2. The third-order valence-electron chi connectivity index (χ3n) is 4.77. The highest BCUT2D eigenvalue weighted by Crippen LogP contribution is 2.28. The molecular formula is C24H30N2O3. The average molecular weight is 395 g/mol. The number of hydrogen-bond donors (Lipinski definition) is 1. The van der Waals surface area contributed by atoms with Gasteiger partial charge in [-0.15, -0.1) is 0 Å². The summed E-state index contributed by atoms with van der Waals surface area (Å²) >= 11 is 0. The molecule has 0 aliphatic rings. The molecule has 0 fully saturated rings. The van der Waals surface area contributed by atoms with E-state index in [9.17, 15) is 4.79 Å². The molecule has 0 spiro atoms. The highest BCUT2D eigenvalue weighted by molar-refractivity contribution is 6.10. The van der Waals surface area contributed by atoms with Crippen molar-refractivity contribution < 1.29 is 14.3 Å².